The molecule has 1 aromatic rings. The Hall–Kier alpha value is -2.60. The van der Waals surface area contributed by atoms with E-state index in [1.807, 2.05) is 45.9 Å². The summed E-state index contributed by atoms with van der Waals surface area (Å²) >= 11 is 0. The van der Waals surface area contributed by atoms with Crippen molar-refractivity contribution in [1.82, 2.24) is 5.32 Å². The normalized spacial score (nSPS) is 11.4. The van der Waals surface area contributed by atoms with E-state index in [4.69, 9.17) is 27.5 Å². The van der Waals surface area contributed by atoms with Crippen LogP contribution in [0.3, 0.4) is 0 Å². The largest absolute Gasteiger partial charge is 0.500 e. The SMILES string of the molecule is CCOc1cc(/C=C/C(=O)OC)ccc1OCCCCCCOC(=O)NCCC[Si](OCC)(OCC)OCC. The van der Waals surface area contributed by atoms with Crippen LogP contribution < -0.4 is 14.8 Å². The minimum Gasteiger partial charge on any atom is -0.490 e. The van der Waals surface area contributed by atoms with Crippen LogP contribution in [-0.2, 0) is 27.5 Å². The molecule has 0 atom stereocenters. The molecule has 0 saturated carbocycles. The highest BCUT2D eigenvalue weighted by Crippen LogP contribution is 2.29. The van der Waals surface area contributed by atoms with Gasteiger partial charge in [0.05, 0.1) is 26.9 Å². The molecule has 1 aromatic carbocycles. The van der Waals surface area contributed by atoms with E-state index < -0.39 is 20.9 Å². The molecular weight excluding hydrogens is 522 g/mol. The summed E-state index contributed by atoms with van der Waals surface area (Å²) < 4.78 is 38.9. The average molecular weight is 570 g/mol. The van der Waals surface area contributed by atoms with Gasteiger partial charge in [-0.15, -0.1) is 0 Å². The van der Waals surface area contributed by atoms with Crippen molar-refractivity contribution in [2.24, 2.45) is 0 Å². The van der Waals surface area contributed by atoms with E-state index in [0.717, 1.165) is 31.2 Å². The van der Waals surface area contributed by atoms with Gasteiger partial charge in [0, 0.05) is 38.5 Å². The quantitative estimate of drug-likeness (QED) is 0.0852. The molecular formula is C28H47NO9Si. The first-order valence-corrected chi connectivity index (χ1v) is 15.8. The maximum atomic E-state index is 12.0. The van der Waals surface area contributed by atoms with Gasteiger partial charge in [0.25, 0.3) is 0 Å². The molecule has 222 valence electrons. The molecule has 39 heavy (non-hydrogen) atoms. The highest BCUT2D eigenvalue weighted by molar-refractivity contribution is 6.60. The molecule has 0 radical (unpaired) electrons. The lowest BCUT2D eigenvalue weighted by molar-refractivity contribution is -0.134. The zero-order valence-corrected chi connectivity index (χ0v) is 25.3. The van der Waals surface area contributed by atoms with Gasteiger partial charge >= 0.3 is 20.9 Å². The maximum absolute atomic E-state index is 12.0. The predicted octanol–water partition coefficient (Wildman–Crippen LogP) is 5.38. The number of unbranched alkanes of at least 4 members (excludes halogenated alkanes) is 3. The molecule has 11 heteroatoms. The molecule has 0 spiro atoms. The Bertz CT molecular complexity index is 833. The number of hydrogen-bond acceptors (Lipinski definition) is 9. The summed E-state index contributed by atoms with van der Waals surface area (Å²) in [5, 5.41) is 2.78. The van der Waals surface area contributed by atoms with Crippen molar-refractivity contribution in [3.63, 3.8) is 0 Å². The number of esters is 1. The predicted molar refractivity (Wildman–Crippen MR) is 152 cm³/mol. The molecule has 0 aliphatic heterocycles. The Balaban J connectivity index is 2.23. The van der Waals surface area contributed by atoms with Crippen molar-refractivity contribution in [2.45, 2.75) is 65.8 Å². The molecule has 10 nitrogen and oxygen atoms in total. The van der Waals surface area contributed by atoms with E-state index in [1.165, 1.54) is 13.2 Å². The van der Waals surface area contributed by atoms with E-state index in [9.17, 15) is 9.59 Å². The van der Waals surface area contributed by atoms with E-state index >= 15 is 0 Å². The third-order valence-electron chi connectivity index (χ3n) is 5.43. The molecule has 0 saturated heterocycles. The number of methoxy groups -OCH3 is 1. The summed E-state index contributed by atoms with van der Waals surface area (Å²) in [6.07, 6.45) is 6.84. The molecule has 0 heterocycles. The third kappa shape index (κ3) is 14.9. The van der Waals surface area contributed by atoms with Gasteiger partial charge in [0.15, 0.2) is 11.5 Å². The standard InChI is InChI=1S/C28H47NO9Si/c1-6-33-26-23-24(16-18-27(30)32-5)15-17-25(26)34-20-12-10-11-13-21-35-28(31)29-19-14-22-39(36-7-2,37-8-3)38-9-4/h15-18,23H,6-14,19-22H2,1-5H3,(H,29,31)/b18-16+. The van der Waals surface area contributed by atoms with Crippen LogP contribution in [0.5, 0.6) is 11.5 Å². The topological polar surface area (TPSA) is 111 Å². The summed E-state index contributed by atoms with van der Waals surface area (Å²) in [7, 11) is -1.34. The van der Waals surface area contributed by atoms with Crippen molar-refractivity contribution in [1.29, 1.82) is 0 Å². The van der Waals surface area contributed by atoms with Crippen LogP contribution in [0.4, 0.5) is 4.79 Å². The van der Waals surface area contributed by atoms with Crippen molar-refractivity contribution in [2.75, 3.05) is 53.3 Å². The fourth-order valence-electron chi connectivity index (χ4n) is 3.70. The fraction of sp³-hybridized carbons (Fsp3) is 0.643. The van der Waals surface area contributed by atoms with Crippen LogP contribution in [0, 0.1) is 0 Å². The van der Waals surface area contributed by atoms with Crippen molar-refractivity contribution >= 4 is 26.9 Å². The number of rotatable bonds is 22. The third-order valence-corrected chi connectivity index (χ3v) is 8.58. The van der Waals surface area contributed by atoms with Crippen LogP contribution >= 0.6 is 0 Å². The highest BCUT2D eigenvalue weighted by Gasteiger charge is 2.39. The van der Waals surface area contributed by atoms with Gasteiger partial charge in [0.2, 0.25) is 0 Å². The van der Waals surface area contributed by atoms with E-state index in [2.05, 4.69) is 10.1 Å². The summed E-state index contributed by atoms with van der Waals surface area (Å²) in [5.41, 5.74) is 0.816. The smallest absolute Gasteiger partial charge is 0.490 e. The molecule has 0 aliphatic rings. The van der Waals surface area contributed by atoms with Gasteiger partial charge in [-0.3, -0.25) is 0 Å². The summed E-state index contributed by atoms with van der Waals surface area (Å²) in [6, 6.07) is 6.17. The highest BCUT2D eigenvalue weighted by atomic mass is 28.4. The molecule has 1 amide bonds. The Morgan fingerprint density at radius 1 is 0.821 bits per heavy atom. The van der Waals surface area contributed by atoms with E-state index in [0.29, 0.717) is 70.1 Å². The second-order valence-corrected chi connectivity index (χ2v) is 11.1. The zero-order chi connectivity index (χ0) is 28.8. The van der Waals surface area contributed by atoms with Gasteiger partial charge in [0.1, 0.15) is 0 Å². The van der Waals surface area contributed by atoms with Gasteiger partial charge in [-0.05, 0) is 83.6 Å². The minimum absolute atomic E-state index is 0.372. The molecule has 0 bridgehead atoms. The lowest BCUT2D eigenvalue weighted by Gasteiger charge is -2.28. The van der Waals surface area contributed by atoms with Crippen LogP contribution in [0.15, 0.2) is 24.3 Å². The summed E-state index contributed by atoms with van der Waals surface area (Å²) in [5.74, 6) is 0.877. The Morgan fingerprint density at radius 2 is 1.49 bits per heavy atom. The monoisotopic (exact) mass is 569 g/mol. The van der Waals surface area contributed by atoms with Crippen LogP contribution in [0.25, 0.3) is 6.08 Å². The van der Waals surface area contributed by atoms with Gasteiger partial charge in [-0.2, -0.15) is 0 Å². The molecule has 0 unspecified atom stereocenters. The van der Waals surface area contributed by atoms with E-state index in [-0.39, 0.29) is 0 Å². The minimum atomic E-state index is -2.68. The number of hydrogen-bond donors (Lipinski definition) is 1. The molecule has 0 fully saturated rings. The first kappa shape index (κ1) is 34.4. The van der Waals surface area contributed by atoms with E-state index in [1.54, 1.807) is 6.08 Å². The number of amides is 1. The molecule has 0 aliphatic carbocycles. The maximum Gasteiger partial charge on any atom is 0.500 e. The summed E-state index contributed by atoms with van der Waals surface area (Å²) in [6.45, 7) is 11.2. The number of alkyl carbamates (subject to hydrolysis) is 1. The second kappa shape index (κ2) is 21.2. The number of carbonyl (C=O) groups excluding carboxylic acids is 2. The summed E-state index contributed by atoms with van der Waals surface area (Å²) in [4.78, 5) is 23.3. The second-order valence-electron chi connectivity index (χ2n) is 8.41. The van der Waals surface area contributed by atoms with Crippen molar-refractivity contribution < 1.29 is 41.8 Å². The number of ether oxygens (including phenoxy) is 4. The number of nitrogens with one attached hydrogen (secondary N) is 1. The van der Waals surface area contributed by atoms with Gasteiger partial charge in [-0.25, -0.2) is 9.59 Å². The van der Waals surface area contributed by atoms with Crippen molar-refractivity contribution in [3.8, 4) is 11.5 Å². The average Bonchev–Trinajstić information content (AvgIpc) is 2.92. The van der Waals surface area contributed by atoms with Crippen LogP contribution in [0.1, 0.15) is 65.4 Å². The van der Waals surface area contributed by atoms with Crippen LogP contribution in [-0.4, -0.2) is 74.2 Å². The lowest BCUT2D eigenvalue weighted by Crippen LogP contribution is -2.46. The Morgan fingerprint density at radius 3 is 2.10 bits per heavy atom. The van der Waals surface area contributed by atoms with Gasteiger partial charge < -0.3 is 37.5 Å². The number of carbonyl (C=O) groups is 2. The first-order chi connectivity index (χ1) is 18.9. The Labute approximate surface area is 234 Å². The van der Waals surface area contributed by atoms with Crippen LogP contribution in [0.2, 0.25) is 6.04 Å². The zero-order valence-electron chi connectivity index (χ0n) is 24.3. The molecule has 1 N–H and O–H groups in total. The fourth-order valence-corrected chi connectivity index (χ4v) is 6.31. The molecule has 1 rings (SSSR count). The molecule has 0 aromatic heterocycles. The Kier molecular flexibility index (Phi) is 18.8. The number of benzene rings is 1. The lowest BCUT2D eigenvalue weighted by atomic mass is 10.2. The van der Waals surface area contributed by atoms with Gasteiger partial charge in [-0.1, -0.05) is 6.07 Å². The first-order valence-electron chi connectivity index (χ1n) is 13.9. The van der Waals surface area contributed by atoms with Crippen molar-refractivity contribution in [3.05, 3.63) is 29.8 Å².